The Kier molecular flexibility index (Phi) is 6.36. The van der Waals surface area contributed by atoms with Crippen molar-refractivity contribution < 1.29 is 9.18 Å². The van der Waals surface area contributed by atoms with Crippen molar-refractivity contribution in [3.63, 3.8) is 0 Å². The number of hydrogen-bond donors (Lipinski definition) is 1. The molecule has 0 radical (unpaired) electrons. The zero-order chi connectivity index (χ0) is 22.7. The maximum atomic E-state index is 14.0. The Morgan fingerprint density at radius 3 is 2.31 bits per heavy atom. The van der Waals surface area contributed by atoms with E-state index < -0.39 is 11.1 Å². The number of aromatic nitrogens is 2. The first-order chi connectivity index (χ1) is 15.5. The van der Waals surface area contributed by atoms with Gasteiger partial charge in [0.2, 0.25) is 5.91 Å². The molecule has 3 aromatic rings. The van der Waals surface area contributed by atoms with E-state index in [1.165, 1.54) is 15.2 Å². The topological polar surface area (TPSA) is 79.6 Å². The minimum atomic E-state index is -0.717. The predicted octanol–water partition coefficient (Wildman–Crippen LogP) is 0.778. The van der Waals surface area contributed by atoms with Crippen molar-refractivity contribution in [3.8, 4) is 0 Å². The number of rotatable bonds is 6. The summed E-state index contributed by atoms with van der Waals surface area (Å²) in [7, 11) is 1.54. The molecular formula is C23H26FN5O3. The summed E-state index contributed by atoms with van der Waals surface area (Å²) in [4.78, 5) is 41.4. The second-order valence-electron chi connectivity index (χ2n) is 7.87. The van der Waals surface area contributed by atoms with Gasteiger partial charge in [-0.2, -0.15) is 0 Å². The largest absolute Gasteiger partial charge is 0.367 e. The van der Waals surface area contributed by atoms with Crippen LogP contribution in [0.3, 0.4) is 0 Å². The molecule has 1 fully saturated rings. The van der Waals surface area contributed by atoms with E-state index in [-0.39, 0.29) is 18.3 Å². The van der Waals surface area contributed by atoms with Crippen molar-refractivity contribution >= 4 is 22.6 Å². The van der Waals surface area contributed by atoms with Crippen LogP contribution in [-0.4, -0.2) is 59.2 Å². The van der Waals surface area contributed by atoms with E-state index in [0.717, 1.165) is 13.1 Å². The molecule has 32 heavy (non-hydrogen) atoms. The maximum Gasteiger partial charge on any atom is 0.317 e. The van der Waals surface area contributed by atoms with Crippen molar-refractivity contribution in [2.24, 2.45) is 7.05 Å². The number of aryl methyl sites for hydroxylation is 1. The molecule has 9 heteroatoms. The van der Waals surface area contributed by atoms with Gasteiger partial charge in [0.15, 0.2) is 0 Å². The van der Waals surface area contributed by atoms with Crippen LogP contribution in [-0.2, 0) is 18.4 Å². The van der Waals surface area contributed by atoms with Gasteiger partial charge in [-0.15, -0.1) is 0 Å². The van der Waals surface area contributed by atoms with Gasteiger partial charge >= 0.3 is 11.1 Å². The number of piperazine rings is 1. The van der Waals surface area contributed by atoms with E-state index in [1.54, 1.807) is 43.4 Å². The Balaban J connectivity index is 1.31. The van der Waals surface area contributed by atoms with E-state index in [1.807, 2.05) is 11.0 Å². The molecule has 0 aliphatic carbocycles. The normalized spacial score (nSPS) is 14.6. The highest BCUT2D eigenvalue weighted by Gasteiger charge is 2.19. The average Bonchev–Trinajstić information content (AvgIpc) is 2.81. The summed E-state index contributed by atoms with van der Waals surface area (Å²) in [6.45, 7) is 3.83. The molecule has 0 saturated carbocycles. The second kappa shape index (κ2) is 9.35. The molecule has 2 aromatic carbocycles. The molecule has 0 bridgehead atoms. The fourth-order valence-corrected chi connectivity index (χ4v) is 4.08. The van der Waals surface area contributed by atoms with Crippen molar-refractivity contribution in [1.82, 2.24) is 19.4 Å². The van der Waals surface area contributed by atoms with Crippen molar-refractivity contribution in [2.75, 3.05) is 44.2 Å². The van der Waals surface area contributed by atoms with Crippen LogP contribution in [0.2, 0.25) is 0 Å². The van der Waals surface area contributed by atoms with Gasteiger partial charge in [0, 0.05) is 46.3 Å². The van der Waals surface area contributed by atoms with E-state index in [2.05, 4.69) is 10.2 Å². The lowest BCUT2D eigenvalue weighted by atomic mass is 10.2. The van der Waals surface area contributed by atoms with Gasteiger partial charge in [0.05, 0.1) is 16.7 Å². The molecule has 8 nitrogen and oxygen atoms in total. The Bertz CT molecular complexity index is 1240. The van der Waals surface area contributed by atoms with Gasteiger partial charge in [-0.05, 0) is 24.3 Å². The van der Waals surface area contributed by atoms with Crippen LogP contribution in [0.15, 0.2) is 58.1 Å². The zero-order valence-electron chi connectivity index (χ0n) is 18.0. The molecule has 1 aromatic heterocycles. The third-order valence-electron chi connectivity index (χ3n) is 5.88. The van der Waals surface area contributed by atoms with Crippen LogP contribution < -0.4 is 21.3 Å². The molecule has 0 atom stereocenters. The third kappa shape index (κ3) is 4.43. The number of fused-ring (bicyclic) bond motifs is 1. The van der Waals surface area contributed by atoms with Crippen molar-refractivity contribution in [2.45, 2.75) is 6.54 Å². The smallest absolute Gasteiger partial charge is 0.317 e. The molecule has 168 valence electrons. The van der Waals surface area contributed by atoms with Gasteiger partial charge in [-0.3, -0.25) is 23.9 Å². The minimum Gasteiger partial charge on any atom is -0.367 e. The second-order valence-corrected chi connectivity index (χ2v) is 7.87. The standard InChI is InChI=1S/C23H26FN5O3/c1-26-19-8-4-5-9-20(19)29(23(32)22(26)31)16-21(30)25-10-11-27-12-14-28(15-13-27)18-7-3-2-6-17(18)24/h2-9H,10-16H2,1H3,(H,25,30). The molecule has 1 aliphatic rings. The van der Waals surface area contributed by atoms with Gasteiger partial charge in [0.1, 0.15) is 12.4 Å². The van der Waals surface area contributed by atoms with Crippen LogP contribution in [0.25, 0.3) is 11.0 Å². The number of benzene rings is 2. The third-order valence-corrected chi connectivity index (χ3v) is 5.88. The van der Waals surface area contributed by atoms with Crippen molar-refractivity contribution in [1.29, 1.82) is 0 Å². The minimum absolute atomic E-state index is 0.212. The average molecular weight is 439 g/mol. The summed E-state index contributed by atoms with van der Waals surface area (Å²) in [6, 6.07) is 13.8. The molecule has 1 aliphatic heterocycles. The summed E-state index contributed by atoms with van der Waals surface area (Å²) < 4.78 is 16.5. The predicted molar refractivity (Wildman–Crippen MR) is 122 cm³/mol. The molecule has 4 rings (SSSR count). The van der Waals surface area contributed by atoms with Crippen molar-refractivity contribution in [3.05, 3.63) is 75.1 Å². The maximum absolute atomic E-state index is 14.0. The zero-order valence-corrected chi connectivity index (χ0v) is 18.0. The molecule has 2 heterocycles. The number of amides is 1. The number of hydrogen-bond acceptors (Lipinski definition) is 5. The summed E-state index contributed by atoms with van der Waals surface area (Å²) in [5.41, 5.74) is 0.374. The highest BCUT2D eigenvalue weighted by molar-refractivity contribution is 5.80. The number of nitrogens with zero attached hydrogens (tertiary/aromatic N) is 4. The number of carbonyl (C=O) groups is 1. The Labute approximate surface area is 184 Å². The van der Waals surface area contributed by atoms with E-state index >= 15 is 0 Å². The van der Waals surface area contributed by atoms with Crippen LogP contribution in [0.1, 0.15) is 0 Å². The highest BCUT2D eigenvalue weighted by atomic mass is 19.1. The first-order valence-corrected chi connectivity index (χ1v) is 10.6. The number of carbonyl (C=O) groups excluding carboxylic acids is 1. The summed E-state index contributed by atoms with van der Waals surface area (Å²) >= 11 is 0. The molecule has 0 spiro atoms. The molecule has 1 saturated heterocycles. The first-order valence-electron chi connectivity index (χ1n) is 10.6. The fourth-order valence-electron chi connectivity index (χ4n) is 4.08. The summed E-state index contributed by atoms with van der Waals surface area (Å²) in [6.07, 6.45) is 0. The Morgan fingerprint density at radius 1 is 0.938 bits per heavy atom. The highest BCUT2D eigenvalue weighted by Crippen LogP contribution is 2.19. The van der Waals surface area contributed by atoms with Crippen LogP contribution >= 0.6 is 0 Å². The lowest BCUT2D eigenvalue weighted by Gasteiger charge is -2.36. The lowest BCUT2D eigenvalue weighted by molar-refractivity contribution is -0.121. The summed E-state index contributed by atoms with van der Waals surface area (Å²) in [5.74, 6) is -0.540. The lowest BCUT2D eigenvalue weighted by Crippen LogP contribution is -2.49. The Morgan fingerprint density at radius 2 is 1.59 bits per heavy atom. The summed E-state index contributed by atoms with van der Waals surface area (Å²) in [5, 5.41) is 2.83. The number of nitrogens with one attached hydrogen (secondary N) is 1. The van der Waals surface area contributed by atoms with Crippen LogP contribution in [0.4, 0.5) is 10.1 Å². The quantitative estimate of drug-likeness (QED) is 0.575. The van der Waals surface area contributed by atoms with E-state index in [4.69, 9.17) is 0 Å². The Hall–Kier alpha value is -3.46. The number of halogens is 1. The molecular weight excluding hydrogens is 413 g/mol. The molecule has 1 amide bonds. The molecule has 0 unspecified atom stereocenters. The number of para-hydroxylation sites is 3. The van der Waals surface area contributed by atoms with E-state index in [9.17, 15) is 18.8 Å². The van der Waals surface area contributed by atoms with Gasteiger partial charge in [0.25, 0.3) is 0 Å². The van der Waals surface area contributed by atoms with Gasteiger partial charge in [-0.25, -0.2) is 4.39 Å². The SMILES string of the molecule is Cn1c(=O)c(=O)n(CC(=O)NCCN2CCN(c3ccccc3F)CC2)c2ccccc21. The van der Waals surface area contributed by atoms with Crippen LogP contribution in [0.5, 0.6) is 0 Å². The first kappa shape index (κ1) is 21.8. The van der Waals surface area contributed by atoms with E-state index in [0.29, 0.717) is 42.9 Å². The van der Waals surface area contributed by atoms with Gasteiger partial charge in [-0.1, -0.05) is 24.3 Å². The monoisotopic (exact) mass is 439 g/mol. The number of anilines is 1. The van der Waals surface area contributed by atoms with Gasteiger partial charge < -0.3 is 14.8 Å². The molecule has 1 N–H and O–H groups in total. The fraction of sp³-hybridized carbons (Fsp3) is 0.348. The van der Waals surface area contributed by atoms with Crippen LogP contribution in [0, 0.1) is 5.82 Å².